The zero-order valence-electron chi connectivity index (χ0n) is 26.9. The maximum atomic E-state index is 6.46. The van der Waals surface area contributed by atoms with Crippen molar-refractivity contribution in [3.05, 3.63) is 170 Å². The summed E-state index contributed by atoms with van der Waals surface area (Å²) in [7, 11) is 0. The number of benzene rings is 8. The Kier molecular flexibility index (Phi) is 5.83. The van der Waals surface area contributed by atoms with Gasteiger partial charge in [0.25, 0.3) is 0 Å². The van der Waals surface area contributed by atoms with Crippen molar-refractivity contribution in [1.29, 1.82) is 0 Å². The highest BCUT2D eigenvalue weighted by Crippen LogP contribution is 2.47. The average Bonchev–Trinajstić information content (AvgIpc) is 3.85. The number of fused-ring (bicyclic) bond motifs is 11. The molecule has 0 radical (unpaired) electrons. The van der Waals surface area contributed by atoms with E-state index >= 15 is 0 Å². The van der Waals surface area contributed by atoms with Crippen molar-refractivity contribution in [2.75, 3.05) is 4.90 Å². The molecule has 3 aromatic heterocycles. The van der Waals surface area contributed by atoms with Crippen LogP contribution in [0.25, 0.3) is 80.4 Å². The summed E-state index contributed by atoms with van der Waals surface area (Å²) in [6, 6.07) is 61.3. The molecule has 4 heteroatoms. The van der Waals surface area contributed by atoms with Gasteiger partial charge in [-0.15, -0.1) is 11.3 Å². The van der Waals surface area contributed by atoms with E-state index in [0.717, 1.165) is 44.7 Å². The van der Waals surface area contributed by atoms with Crippen molar-refractivity contribution in [3.8, 4) is 5.69 Å². The summed E-state index contributed by atoms with van der Waals surface area (Å²) in [4.78, 5) is 2.44. The van der Waals surface area contributed by atoms with Gasteiger partial charge >= 0.3 is 0 Å². The van der Waals surface area contributed by atoms with Gasteiger partial charge in [0.1, 0.15) is 11.2 Å². The number of anilines is 3. The lowest BCUT2D eigenvalue weighted by atomic mass is 10.0. The van der Waals surface area contributed by atoms with Crippen LogP contribution in [-0.2, 0) is 0 Å². The molecule has 0 fully saturated rings. The smallest absolute Gasteiger partial charge is 0.136 e. The van der Waals surface area contributed by atoms with Gasteiger partial charge in [-0.05, 0) is 83.6 Å². The molecule has 0 aliphatic carbocycles. The molecule has 11 aromatic rings. The first-order valence-corrected chi connectivity index (χ1v) is 17.7. The molecular formula is C46H28N2OS. The van der Waals surface area contributed by atoms with E-state index in [1.165, 1.54) is 52.8 Å². The number of hydrogen-bond acceptors (Lipinski definition) is 3. The van der Waals surface area contributed by atoms with Crippen LogP contribution in [0.1, 0.15) is 0 Å². The van der Waals surface area contributed by atoms with Gasteiger partial charge in [0, 0.05) is 58.8 Å². The molecule has 234 valence electrons. The summed E-state index contributed by atoms with van der Waals surface area (Å²) in [5.74, 6) is 0. The van der Waals surface area contributed by atoms with Crippen LogP contribution in [0.15, 0.2) is 174 Å². The molecule has 50 heavy (non-hydrogen) atoms. The minimum atomic E-state index is 0.888. The van der Waals surface area contributed by atoms with Crippen LogP contribution in [0.4, 0.5) is 17.1 Å². The Hall–Kier alpha value is -6.36. The van der Waals surface area contributed by atoms with Gasteiger partial charge in [-0.25, -0.2) is 0 Å². The SMILES string of the molecule is c1ccc(-n2c3ccccc3c3ccc(N(c4ccc5oc6ccc7ccccc7c6c5c4)c4cccc5sc6ccccc6c45)cc32)cc1. The maximum Gasteiger partial charge on any atom is 0.136 e. The molecule has 0 saturated carbocycles. The molecule has 0 unspecified atom stereocenters. The van der Waals surface area contributed by atoms with Gasteiger partial charge in [0.15, 0.2) is 0 Å². The minimum absolute atomic E-state index is 0.888. The van der Waals surface area contributed by atoms with Crippen molar-refractivity contribution in [1.82, 2.24) is 4.57 Å². The monoisotopic (exact) mass is 656 g/mol. The van der Waals surface area contributed by atoms with E-state index < -0.39 is 0 Å². The third kappa shape index (κ3) is 3.97. The van der Waals surface area contributed by atoms with E-state index in [1.807, 2.05) is 11.3 Å². The largest absolute Gasteiger partial charge is 0.456 e. The van der Waals surface area contributed by atoms with E-state index in [2.05, 4.69) is 179 Å². The Morgan fingerprint density at radius 2 is 1.14 bits per heavy atom. The molecule has 8 aromatic carbocycles. The zero-order valence-corrected chi connectivity index (χ0v) is 27.7. The summed E-state index contributed by atoms with van der Waals surface area (Å²) >= 11 is 1.85. The number of rotatable bonds is 4. The highest BCUT2D eigenvalue weighted by atomic mass is 32.1. The van der Waals surface area contributed by atoms with Crippen molar-refractivity contribution in [2.45, 2.75) is 0 Å². The summed E-state index contributed by atoms with van der Waals surface area (Å²) in [5.41, 5.74) is 8.63. The fraction of sp³-hybridized carbons (Fsp3) is 0. The van der Waals surface area contributed by atoms with Crippen molar-refractivity contribution < 1.29 is 4.42 Å². The molecule has 0 aliphatic rings. The first kappa shape index (κ1) is 27.6. The maximum absolute atomic E-state index is 6.46. The molecule has 11 rings (SSSR count). The van der Waals surface area contributed by atoms with Crippen LogP contribution < -0.4 is 4.90 Å². The van der Waals surface area contributed by atoms with E-state index in [4.69, 9.17) is 4.42 Å². The van der Waals surface area contributed by atoms with Gasteiger partial charge in [-0.2, -0.15) is 0 Å². The lowest BCUT2D eigenvalue weighted by Crippen LogP contribution is -2.10. The first-order valence-electron chi connectivity index (χ1n) is 16.9. The van der Waals surface area contributed by atoms with E-state index in [0.29, 0.717) is 0 Å². The Balaban J connectivity index is 1.24. The number of nitrogens with zero attached hydrogens (tertiary/aromatic N) is 2. The van der Waals surface area contributed by atoms with Crippen LogP contribution in [-0.4, -0.2) is 4.57 Å². The Bertz CT molecular complexity index is 3110. The fourth-order valence-corrected chi connectivity index (χ4v) is 9.12. The third-order valence-electron chi connectivity index (χ3n) is 10.2. The molecule has 0 saturated heterocycles. The van der Waals surface area contributed by atoms with Crippen molar-refractivity contribution >= 4 is 103 Å². The Morgan fingerprint density at radius 3 is 2.06 bits per heavy atom. The quantitative estimate of drug-likeness (QED) is 0.188. The molecule has 0 atom stereocenters. The molecule has 0 bridgehead atoms. The molecule has 0 N–H and O–H groups in total. The summed E-state index contributed by atoms with van der Waals surface area (Å²) in [5, 5.41) is 9.68. The van der Waals surface area contributed by atoms with E-state index in [1.54, 1.807) is 0 Å². The lowest BCUT2D eigenvalue weighted by Gasteiger charge is -2.27. The van der Waals surface area contributed by atoms with E-state index in [-0.39, 0.29) is 0 Å². The molecule has 0 spiro atoms. The number of hydrogen-bond donors (Lipinski definition) is 0. The Labute approximate surface area is 291 Å². The number of para-hydroxylation sites is 2. The van der Waals surface area contributed by atoms with Crippen molar-refractivity contribution in [3.63, 3.8) is 0 Å². The molecule has 0 aliphatic heterocycles. The second-order valence-corrected chi connectivity index (χ2v) is 14.0. The average molecular weight is 657 g/mol. The number of thiophene rings is 1. The van der Waals surface area contributed by atoms with Gasteiger partial charge in [0.2, 0.25) is 0 Å². The molecule has 3 heterocycles. The normalized spacial score (nSPS) is 12.0. The standard InChI is InChI=1S/C46H28N2OS/c1-2-12-30(13-3-1)48-38-17-8-6-15-34(38)35-24-22-32(28-40(35)48)47(39-18-10-20-44-46(39)36-16-7-9-19-43(36)50-44)31-23-26-41-37(27-31)45-33-14-5-4-11-29(33)21-25-42(45)49-41/h1-28H. The van der Waals surface area contributed by atoms with Crippen LogP contribution in [0.2, 0.25) is 0 Å². The van der Waals surface area contributed by atoms with Crippen LogP contribution in [0, 0.1) is 0 Å². The van der Waals surface area contributed by atoms with Gasteiger partial charge < -0.3 is 13.9 Å². The summed E-state index contributed by atoms with van der Waals surface area (Å²) in [6.45, 7) is 0. The Morgan fingerprint density at radius 1 is 0.440 bits per heavy atom. The lowest BCUT2D eigenvalue weighted by molar-refractivity contribution is 0.669. The minimum Gasteiger partial charge on any atom is -0.456 e. The highest BCUT2D eigenvalue weighted by Gasteiger charge is 2.22. The van der Waals surface area contributed by atoms with Crippen molar-refractivity contribution in [2.24, 2.45) is 0 Å². The zero-order chi connectivity index (χ0) is 32.8. The predicted molar refractivity (Wildman–Crippen MR) is 213 cm³/mol. The summed E-state index contributed by atoms with van der Waals surface area (Å²) in [6.07, 6.45) is 0. The third-order valence-corrected chi connectivity index (χ3v) is 11.3. The molecule has 0 amide bonds. The molecule has 3 nitrogen and oxygen atoms in total. The van der Waals surface area contributed by atoms with Crippen LogP contribution in [0.3, 0.4) is 0 Å². The summed E-state index contributed by atoms with van der Waals surface area (Å²) < 4.78 is 11.4. The number of aromatic nitrogens is 1. The van der Waals surface area contributed by atoms with Gasteiger partial charge in [0.05, 0.1) is 16.7 Å². The topological polar surface area (TPSA) is 21.3 Å². The van der Waals surface area contributed by atoms with Crippen LogP contribution in [0.5, 0.6) is 0 Å². The van der Waals surface area contributed by atoms with Gasteiger partial charge in [-0.3, -0.25) is 0 Å². The van der Waals surface area contributed by atoms with E-state index in [9.17, 15) is 0 Å². The first-order chi connectivity index (χ1) is 24.8. The number of furan rings is 1. The predicted octanol–water partition coefficient (Wildman–Crippen LogP) is 13.7. The van der Waals surface area contributed by atoms with Crippen LogP contribution >= 0.6 is 11.3 Å². The second-order valence-electron chi connectivity index (χ2n) is 12.9. The highest BCUT2D eigenvalue weighted by molar-refractivity contribution is 7.26. The van der Waals surface area contributed by atoms with Gasteiger partial charge in [-0.1, -0.05) is 97.1 Å². The molecular weight excluding hydrogens is 629 g/mol. The fourth-order valence-electron chi connectivity index (χ4n) is 8.00. The second kappa shape index (κ2) is 10.6.